The van der Waals surface area contributed by atoms with Crippen molar-refractivity contribution in [2.45, 2.75) is 0 Å². The van der Waals surface area contributed by atoms with Crippen LogP contribution in [-0.4, -0.2) is 20.0 Å². The van der Waals surface area contributed by atoms with Crippen LogP contribution in [0.25, 0.3) is 11.1 Å². The highest BCUT2D eigenvalue weighted by atomic mass is 19.1. The monoisotopic (exact) mass is 352 g/mol. The molecule has 1 amide bonds. The maximum atomic E-state index is 14.4. The summed E-state index contributed by atoms with van der Waals surface area (Å²) in [6.07, 6.45) is 0. The highest BCUT2D eigenvalue weighted by molar-refractivity contribution is 6.06. The molecule has 26 heavy (non-hydrogen) atoms. The summed E-state index contributed by atoms with van der Waals surface area (Å²) < 4.78 is 28.2. The SMILES string of the molecule is CN(C)c1cccc(C(=O)Nc2c(F)cc(F)cc2-c2ccccc2)c1. The second-order valence-corrected chi connectivity index (χ2v) is 6.08. The number of anilines is 2. The lowest BCUT2D eigenvalue weighted by Crippen LogP contribution is -2.15. The highest BCUT2D eigenvalue weighted by Crippen LogP contribution is 2.32. The van der Waals surface area contributed by atoms with E-state index in [1.165, 1.54) is 6.07 Å². The van der Waals surface area contributed by atoms with Crippen molar-refractivity contribution in [3.8, 4) is 11.1 Å². The molecule has 0 saturated heterocycles. The molecule has 3 rings (SSSR count). The van der Waals surface area contributed by atoms with E-state index in [0.717, 1.165) is 11.8 Å². The summed E-state index contributed by atoms with van der Waals surface area (Å²) in [6, 6.07) is 17.8. The summed E-state index contributed by atoms with van der Waals surface area (Å²) in [6.45, 7) is 0. The lowest BCUT2D eigenvalue weighted by Gasteiger charge is -2.15. The molecule has 0 bridgehead atoms. The summed E-state index contributed by atoms with van der Waals surface area (Å²) in [5.74, 6) is -1.98. The van der Waals surface area contributed by atoms with Crippen molar-refractivity contribution < 1.29 is 13.6 Å². The predicted molar refractivity (Wildman–Crippen MR) is 101 cm³/mol. The van der Waals surface area contributed by atoms with Crippen molar-refractivity contribution in [2.24, 2.45) is 0 Å². The third-order valence-corrected chi connectivity index (χ3v) is 4.00. The van der Waals surface area contributed by atoms with Crippen molar-refractivity contribution in [3.63, 3.8) is 0 Å². The van der Waals surface area contributed by atoms with Crippen LogP contribution in [0.5, 0.6) is 0 Å². The van der Waals surface area contributed by atoms with Crippen LogP contribution in [0, 0.1) is 11.6 Å². The predicted octanol–water partition coefficient (Wildman–Crippen LogP) is 4.95. The molecule has 0 fully saturated rings. The Balaban J connectivity index is 2.00. The Labute approximate surface area is 150 Å². The van der Waals surface area contributed by atoms with Gasteiger partial charge in [0.15, 0.2) is 0 Å². The zero-order valence-corrected chi connectivity index (χ0v) is 14.5. The topological polar surface area (TPSA) is 32.3 Å². The van der Waals surface area contributed by atoms with Crippen LogP contribution in [0.4, 0.5) is 20.2 Å². The quantitative estimate of drug-likeness (QED) is 0.720. The van der Waals surface area contributed by atoms with Crippen molar-refractivity contribution in [1.82, 2.24) is 0 Å². The number of carbonyl (C=O) groups excluding carboxylic acids is 1. The van der Waals surface area contributed by atoms with Gasteiger partial charge in [-0.2, -0.15) is 0 Å². The molecule has 3 aromatic rings. The summed E-state index contributed by atoms with van der Waals surface area (Å²) >= 11 is 0. The minimum atomic E-state index is -0.819. The average molecular weight is 352 g/mol. The highest BCUT2D eigenvalue weighted by Gasteiger charge is 2.17. The molecule has 5 heteroatoms. The van der Waals surface area contributed by atoms with E-state index in [0.29, 0.717) is 16.7 Å². The van der Waals surface area contributed by atoms with Gasteiger partial charge in [-0.1, -0.05) is 36.4 Å². The van der Waals surface area contributed by atoms with Crippen molar-refractivity contribution in [2.75, 3.05) is 24.3 Å². The zero-order valence-electron chi connectivity index (χ0n) is 14.5. The van der Waals surface area contributed by atoms with Gasteiger partial charge in [-0.15, -0.1) is 0 Å². The van der Waals surface area contributed by atoms with Gasteiger partial charge in [-0.05, 0) is 29.8 Å². The molecule has 0 saturated carbocycles. The summed E-state index contributed by atoms with van der Waals surface area (Å²) in [7, 11) is 3.73. The van der Waals surface area contributed by atoms with Crippen LogP contribution in [0.1, 0.15) is 10.4 Å². The van der Waals surface area contributed by atoms with E-state index in [9.17, 15) is 13.6 Å². The maximum absolute atomic E-state index is 14.4. The first kappa shape index (κ1) is 17.6. The van der Waals surface area contributed by atoms with Gasteiger partial charge in [0.2, 0.25) is 0 Å². The van der Waals surface area contributed by atoms with Crippen LogP contribution in [-0.2, 0) is 0 Å². The van der Waals surface area contributed by atoms with Gasteiger partial charge < -0.3 is 10.2 Å². The van der Waals surface area contributed by atoms with Crippen LogP contribution in [0.15, 0.2) is 66.7 Å². The average Bonchev–Trinajstić information content (AvgIpc) is 2.64. The number of rotatable bonds is 4. The van der Waals surface area contributed by atoms with Crippen molar-refractivity contribution in [3.05, 3.63) is 83.9 Å². The molecule has 0 aliphatic rings. The molecule has 1 N–H and O–H groups in total. The molecule has 0 unspecified atom stereocenters. The van der Waals surface area contributed by atoms with E-state index in [-0.39, 0.29) is 5.69 Å². The van der Waals surface area contributed by atoms with Gasteiger partial charge in [-0.3, -0.25) is 4.79 Å². The second-order valence-electron chi connectivity index (χ2n) is 6.08. The first-order valence-corrected chi connectivity index (χ1v) is 8.09. The molecule has 0 radical (unpaired) electrons. The molecule has 0 spiro atoms. The van der Waals surface area contributed by atoms with Gasteiger partial charge in [-0.25, -0.2) is 8.78 Å². The largest absolute Gasteiger partial charge is 0.378 e. The van der Waals surface area contributed by atoms with E-state index in [4.69, 9.17) is 0 Å². The third kappa shape index (κ3) is 3.72. The van der Waals surface area contributed by atoms with Gasteiger partial charge in [0.25, 0.3) is 5.91 Å². The van der Waals surface area contributed by atoms with Crippen LogP contribution in [0.2, 0.25) is 0 Å². The Morgan fingerprint density at radius 1 is 0.923 bits per heavy atom. The van der Waals surface area contributed by atoms with E-state index >= 15 is 0 Å². The second kappa shape index (κ2) is 7.35. The molecule has 132 valence electrons. The normalized spacial score (nSPS) is 10.5. The fourth-order valence-corrected chi connectivity index (χ4v) is 2.66. The lowest BCUT2D eigenvalue weighted by atomic mass is 10.0. The van der Waals surface area contributed by atoms with Gasteiger partial charge in [0.1, 0.15) is 11.6 Å². The molecule has 0 aromatic heterocycles. The zero-order chi connectivity index (χ0) is 18.7. The molecular formula is C21H18F2N2O. The van der Waals surface area contributed by atoms with E-state index in [1.54, 1.807) is 42.5 Å². The Bertz CT molecular complexity index is 940. The number of hydrogen-bond donors (Lipinski definition) is 1. The minimum Gasteiger partial charge on any atom is -0.378 e. The molecule has 0 atom stereocenters. The minimum absolute atomic E-state index is 0.0437. The molecule has 3 nitrogen and oxygen atoms in total. The van der Waals surface area contributed by atoms with Crippen LogP contribution >= 0.6 is 0 Å². The van der Waals surface area contributed by atoms with Crippen molar-refractivity contribution in [1.29, 1.82) is 0 Å². The van der Waals surface area contributed by atoms with Gasteiger partial charge in [0.05, 0.1) is 5.69 Å². The molecule has 0 aliphatic carbocycles. The van der Waals surface area contributed by atoms with Crippen LogP contribution < -0.4 is 10.2 Å². The summed E-state index contributed by atoms with van der Waals surface area (Å²) in [4.78, 5) is 14.5. The number of nitrogens with zero attached hydrogens (tertiary/aromatic N) is 1. The first-order valence-electron chi connectivity index (χ1n) is 8.09. The number of carbonyl (C=O) groups is 1. The number of nitrogens with one attached hydrogen (secondary N) is 1. The maximum Gasteiger partial charge on any atom is 0.255 e. The smallest absolute Gasteiger partial charge is 0.255 e. The summed E-state index contributed by atoms with van der Waals surface area (Å²) in [5, 5.41) is 2.59. The number of benzene rings is 3. The Morgan fingerprint density at radius 3 is 2.35 bits per heavy atom. The fraction of sp³-hybridized carbons (Fsp3) is 0.0952. The number of halogens is 2. The molecule has 0 aliphatic heterocycles. The molecular weight excluding hydrogens is 334 g/mol. The standard InChI is InChI=1S/C21H18F2N2O/c1-25(2)17-10-6-9-15(11-17)21(26)24-20-18(12-16(22)13-19(20)23)14-7-4-3-5-8-14/h3-13H,1-2H3,(H,24,26). The lowest BCUT2D eigenvalue weighted by molar-refractivity contribution is 0.102. The Kier molecular flexibility index (Phi) is 4.98. The number of amides is 1. The van der Waals surface area contributed by atoms with E-state index < -0.39 is 17.5 Å². The van der Waals surface area contributed by atoms with Gasteiger partial charge in [0, 0.05) is 37.0 Å². The van der Waals surface area contributed by atoms with E-state index in [1.807, 2.05) is 31.1 Å². The summed E-state index contributed by atoms with van der Waals surface area (Å²) in [5.41, 5.74) is 2.10. The fourth-order valence-electron chi connectivity index (χ4n) is 2.66. The van der Waals surface area contributed by atoms with E-state index in [2.05, 4.69) is 5.32 Å². The molecule has 3 aromatic carbocycles. The Morgan fingerprint density at radius 2 is 1.65 bits per heavy atom. The molecule has 0 heterocycles. The van der Waals surface area contributed by atoms with Crippen molar-refractivity contribution >= 4 is 17.3 Å². The van der Waals surface area contributed by atoms with Gasteiger partial charge >= 0.3 is 0 Å². The number of hydrogen-bond acceptors (Lipinski definition) is 2. The Hall–Kier alpha value is -3.21. The van der Waals surface area contributed by atoms with Crippen LogP contribution in [0.3, 0.4) is 0 Å². The third-order valence-electron chi connectivity index (χ3n) is 4.00. The first-order chi connectivity index (χ1) is 12.5.